The fraction of sp³-hybridized carbons (Fsp3) is 0.273. The molecule has 6 aromatic rings. The number of fused-ring (bicyclic) bond motifs is 4. The summed E-state index contributed by atoms with van der Waals surface area (Å²) in [7, 11) is 3.35. The van der Waals surface area contributed by atoms with Crippen molar-refractivity contribution in [3.8, 4) is 22.6 Å². The molecule has 10 rings (SSSR count). The van der Waals surface area contributed by atoms with E-state index in [0.29, 0.717) is 38.6 Å². The third-order valence-corrected chi connectivity index (χ3v) is 13.6. The summed E-state index contributed by atoms with van der Waals surface area (Å²) in [6.07, 6.45) is 1.50. The molecular formula is C55H51BrO10. The van der Waals surface area contributed by atoms with Crippen molar-refractivity contribution in [3.05, 3.63) is 201 Å². The summed E-state index contributed by atoms with van der Waals surface area (Å²) in [4.78, 5) is 25.2. The lowest BCUT2D eigenvalue weighted by Gasteiger charge is -2.56. The molecule has 3 atom stereocenters. The summed E-state index contributed by atoms with van der Waals surface area (Å²) in [5.41, 5.74) is 8.33. The monoisotopic (exact) mass is 950 g/mol. The highest BCUT2D eigenvalue weighted by Crippen LogP contribution is 2.63. The van der Waals surface area contributed by atoms with E-state index in [4.69, 9.17) is 37.9 Å². The highest BCUT2D eigenvalue weighted by Gasteiger charge is 2.64. The van der Waals surface area contributed by atoms with E-state index in [2.05, 4.69) is 107 Å². The molecule has 0 aromatic heterocycles. The maximum Gasteiger partial charge on any atom is 0.330 e. The van der Waals surface area contributed by atoms with Crippen molar-refractivity contribution < 1.29 is 47.5 Å². The highest BCUT2D eigenvalue weighted by molar-refractivity contribution is 9.10. The maximum absolute atomic E-state index is 14.0. The van der Waals surface area contributed by atoms with Gasteiger partial charge in [0.2, 0.25) is 0 Å². The molecule has 0 radical (unpaired) electrons. The molecule has 338 valence electrons. The first-order valence-corrected chi connectivity index (χ1v) is 22.9. The summed E-state index contributed by atoms with van der Waals surface area (Å²) in [6, 6.07) is 47.8. The molecule has 66 heavy (non-hydrogen) atoms. The van der Waals surface area contributed by atoms with Gasteiger partial charge in [0, 0.05) is 31.2 Å². The second kappa shape index (κ2) is 19.4. The first kappa shape index (κ1) is 45.1. The number of carbonyl (C=O) groups excluding carboxylic acids is 2. The molecule has 3 unspecified atom stereocenters. The van der Waals surface area contributed by atoms with Crippen LogP contribution in [-0.2, 0) is 54.6 Å². The molecule has 0 saturated heterocycles. The molecule has 0 spiro atoms. The van der Waals surface area contributed by atoms with Gasteiger partial charge in [0.1, 0.15) is 49.1 Å². The Hall–Kier alpha value is -6.08. The number of methoxy groups -OCH3 is 2. The predicted molar refractivity (Wildman–Crippen MR) is 253 cm³/mol. The van der Waals surface area contributed by atoms with Crippen molar-refractivity contribution >= 4 is 27.9 Å². The van der Waals surface area contributed by atoms with Gasteiger partial charge in [-0.3, -0.25) is 4.79 Å². The van der Waals surface area contributed by atoms with E-state index in [1.54, 1.807) is 14.2 Å². The van der Waals surface area contributed by atoms with Crippen molar-refractivity contribution in [2.45, 2.75) is 23.0 Å². The quantitative estimate of drug-likeness (QED) is 0.0417. The molecule has 11 heteroatoms. The minimum absolute atomic E-state index is 0.0851. The van der Waals surface area contributed by atoms with Gasteiger partial charge in [0.25, 0.3) is 0 Å². The molecule has 10 nitrogen and oxygen atoms in total. The Bertz CT molecular complexity index is 2670. The molecule has 4 aliphatic carbocycles. The van der Waals surface area contributed by atoms with Crippen molar-refractivity contribution in [1.29, 1.82) is 0 Å². The Morgan fingerprint density at radius 1 is 0.576 bits per heavy atom. The standard InChI is InChI=1S/C55H51BrO10/c1-4-51(57)65-33-29-61-27-31-63-40-22-17-37(18-23-40)54(44-13-7-5-11-42(44)43-12-6-8-14-45(43)54)38-19-24-41(25-20-38)64-32-28-62-30-34-66-52(58)50-36-53(59-2)46-15-9-10-16-47(46)55(50,60-3)48-26-21-39(56)35-49(48)53/h4-26,35,50H,1,27-34,36H2,2-3H3. The van der Waals surface area contributed by atoms with Crippen LogP contribution in [-0.4, -0.2) is 79.0 Å². The minimum atomic E-state index is -1.03. The second-order valence-corrected chi connectivity index (χ2v) is 17.2. The molecular weight excluding hydrogens is 900 g/mol. The summed E-state index contributed by atoms with van der Waals surface area (Å²) < 4.78 is 48.1. The lowest BCUT2D eigenvalue weighted by Crippen LogP contribution is -2.58. The lowest BCUT2D eigenvalue weighted by atomic mass is 9.54. The van der Waals surface area contributed by atoms with Crippen LogP contribution < -0.4 is 9.47 Å². The van der Waals surface area contributed by atoms with Crippen LogP contribution in [0, 0.1) is 5.92 Å². The molecule has 4 aliphatic rings. The molecule has 0 N–H and O–H groups in total. The summed E-state index contributed by atoms with van der Waals surface area (Å²) in [5, 5.41) is 0. The van der Waals surface area contributed by atoms with Gasteiger partial charge >= 0.3 is 11.9 Å². The minimum Gasteiger partial charge on any atom is -0.491 e. The van der Waals surface area contributed by atoms with Gasteiger partial charge in [-0.05, 0) is 92.0 Å². The van der Waals surface area contributed by atoms with Crippen LogP contribution in [0.4, 0.5) is 0 Å². The molecule has 0 aliphatic heterocycles. The average molecular weight is 952 g/mol. The van der Waals surface area contributed by atoms with E-state index in [1.165, 1.54) is 22.3 Å². The topological polar surface area (TPSA) is 108 Å². The molecule has 2 bridgehead atoms. The van der Waals surface area contributed by atoms with Gasteiger partial charge in [-0.15, -0.1) is 0 Å². The number of benzene rings is 6. The molecule has 0 saturated carbocycles. The SMILES string of the molecule is C=CC(=O)OCCOCCOc1ccc(C2(c3ccc(OCCOCCOC(=O)C4CC5(OC)c6ccccc6C4(OC)c4ccc(Br)cc45)cc3)c3ccccc3-c3ccccc32)cc1. The third kappa shape index (κ3) is 7.82. The van der Waals surface area contributed by atoms with E-state index < -0.39 is 28.5 Å². The van der Waals surface area contributed by atoms with Gasteiger partial charge < -0.3 is 37.9 Å². The van der Waals surface area contributed by atoms with Crippen LogP contribution in [0.25, 0.3) is 11.1 Å². The highest BCUT2D eigenvalue weighted by atomic mass is 79.9. The zero-order chi connectivity index (χ0) is 45.7. The zero-order valence-electron chi connectivity index (χ0n) is 37.0. The number of hydrogen-bond acceptors (Lipinski definition) is 10. The Kier molecular flexibility index (Phi) is 13.3. The molecule has 0 fully saturated rings. The summed E-state index contributed by atoms with van der Waals surface area (Å²) in [5.74, 6) is -0.0360. The third-order valence-electron chi connectivity index (χ3n) is 13.1. The number of ether oxygens (including phenoxy) is 8. The van der Waals surface area contributed by atoms with Gasteiger partial charge in [-0.2, -0.15) is 0 Å². The van der Waals surface area contributed by atoms with E-state index in [9.17, 15) is 9.59 Å². The van der Waals surface area contributed by atoms with E-state index >= 15 is 0 Å². The fourth-order valence-corrected chi connectivity index (χ4v) is 10.8. The Labute approximate surface area is 393 Å². The molecule has 6 aromatic carbocycles. The fourth-order valence-electron chi connectivity index (χ4n) is 10.4. The number of carbonyl (C=O) groups is 2. The van der Waals surface area contributed by atoms with E-state index in [-0.39, 0.29) is 32.4 Å². The van der Waals surface area contributed by atoms with Gasteiger partial charge in [-0.25, -0.2) is 4.79 Å². The lowest BCUT2D eigenvalue weighted by molar-refractivity contribution is -0.174. The van der Waals surface area contributed by atoms with Crippen LogP contribution in [0.2, 0.25) is 0 Å². The van der Waals surface area contributed by atoms with Gasteiger partial charge in [0.15, 0.2) is 0 Å². The predicted octanol–water partition coefficient (Wildman–Crippen LogP) is 9.69. The van der Waals surface area contributed by atoms with E-state index in [1.807, 2.05) is 54.6 Å². The molecule has 0 amide bonds. The van der Waals surface area contributed by atoms with Crippen molar-refractivity contribution in [3.63, 3.8) is 0 Å². The normalized spacial score (nSPS) is 19.2. The average Bonchev–Trinajstić information content (AvgIpc) is 3.66. The van der Waals surface area contributed by atoms with Crippen molar-refractivity contribution in [2.24, 2.45) is 5.92 Å². The van der Waals surface area contributed by atoms with Crippen LogP contribution in [0.15, 0.2) is 157 Å². The molecule has 0 heterocycles. The van der Waals surface area contributed by atoms with Gasteiger partial charge in [0.05, 0.1) is 37.8 Å². The number of rotatable bonds is 20. The van der Waals surface area contributed by atoms with Crippen molar-refractivity contribution in [1.82, 2.24) is 0 Å². The summed E-state index contributed by atoms with van der Waals surface area (Å²) >= 11 is 3.64. The van der Waals surface area contributed by atoms with Crippen LogP contribution in [0.3, 0.4) is 0 Å². The first-order valence-electron chi connectivity index (χ1n) is 22.1. The maximum atomic E-state index is 14.0. The number of esters is 2. The zero-order valence-corrected chi connectivity index (χ0v) is 38.6. The van der Waals surface area contributed by atoms with Crippen molar-refractivity contribution in [2.75, 3.05) is 67.1 Å². The Morgan fingerprint density at radius 2 is 1.08 bits per heavy atom. The number of halogens is 1. The van der Waals surface area contributed by atoms with Crippen LogP contribution >= 0.6 is 15.9 Å². The Morgan fingerprint density at radius 3 is 1.62 bits per heavy atom. The van der Waals surface area contributed by atoms with Gasteiger partial charge in [-0.1, -0.05) is 126 Å². The van der Waals surface area contributed by atoms with Crippen LogP contribution in [0.5, 0.6) is 11.5 Å². The number of hydrogen-bond donors (Lipinski definition) is 0. The van der Waals surface area contributed by atoms with Crippen LogP contribution in [0.1, 0.15) is 50.9 Å². The first-order chi connectivity index (χ1) is 32.3. The second-order valence-electron chi connectivity index (χ2n) is 16.3. The van der Waals surface area contributed by atoms with E-state index in [0.717, 1.165) is 49.7 Å². The smallest absolute Gasteiger partial charge is 0.330 e. The Balaban J connectivity index is 0.827. The summed E-state index contributed by atoms with van der Waals surface area (Å²) in [6.45, 7) is 5.45. The largest absolute Gasteiger partial charge is 0.491 e.